The van der Waals surface area contributed by atoms with Crippen molar-refractivity contribution in [1.82, 2.24) is 15.3 Å². The van der Waals surface area contributed by atoms with Gasteiger partial charge in [0.1, 0.15) is 5.82 Å². The molecule has 0 fully saturated rings. The van der Waals surface area contributed by atoms with Gasteiger partial charge in [0.05, 0.1) is 5.41 Å². The Bertz CT molecular complexity index is 432. The number of hydrazine groups is 1. The molecule has 0 radical (unpaired) electrons. The fourth-order valence-corrected chi connectivity index (χ4v) is 1.45. The fraction of sp³-hybridized carbons (Fsp3) is 0.545. The van der Waals surface area contributed by atoms with E-state index in [2.05, 4.69) is 26.0 Å². The summed E-state index contributed by atoms with van der Waals surface area (Å²) in [7, 11) is 1.62. The quantitative estimate of drug-likeness (QED) is 0.442. The Balaban J connectivity index is 2.74. The lowest BCUT2D eigenvalue weighted by atomic mass is 9.92. The summed E-state index contributed by atoms with van der Waals surface area (Å²) >= 11 is 0. The molecule has 1 aromatic rings. The Morgan fingerprint density at radius 2 is 2.11 bits per heavy atom. The largest absolute Gasteiger partial charge is 0.369 e. The number of nitrogens with two attached hydrogens (primary N) is 1. The van der Waals surface area contributed by atoms with Crippen LogP contribution in [0.5, 0.6) is 0 Å². The van der Waals surface area contributed by atoms with Gasteiger partial charge in [0.2, 0.25) is 11.9 Å². The molecule has 1 aromatic heterocycles. The maximum atomic E-state index is 11.6. The minimum Gasteiger partial charge on any atom is -0.369 e. The Hall–Kier alpha value is -1.89. The molecule has 7 nitrogen and oxygen atoms in total. The Morgan fingerprint density at radius 1 is 1.44 bits per heavy atom. The van der Waals surface area contributed by atoms with Crippen LogP contribution in [-0.4, -0.2) is 29.5 Å². The summed E-state index contributed by atoms with van der Waals surface area (Å²) in [5.74, 6) is 6.22. The molecule has 0 aliphatic rings. The van der Waals surface area contributed by atoms with E-state index in [1.165, 1.54) is 0 Å². The van der Waals surface area contributed by atoms with Crippen LogP contribution in [0.4, 0.5) is 11.8 Å². The second-order valence-electron chi connectivity index (χ2n) is 4.68. The zero-order valence-corrected chi connectivity index (χ0v) is 11.2. The van der Waals surface area contributed by atoms with Crippen molar-refractivity contribution in [3.63, 3.8) is 0 Å². The van der Waals surface area contributed by atoms with Crippen molar-refractivity contribution in [2.24, 2.45) is 11.3 Å². The maximum Gasteiger partial charge on any atom is 0.239 e. The monoisotopic (exact) mass is 252 g/mol. The van der Waals surface area contributed by atoms with Gasteiger partial charge in [-0.25, -0.2) is 10.8 Å². The highest BCUT2D eigenvalue weighted by molar-refractivity contribution is 5.82. The number of hydrogen-bond donors (Lipinski definition) is 4. The lowest BCUT2D eigenvalue weighted by molar-refractivity contribution is -0.128. The number of anilines is 2. The number of nitrogen functional groups attached to an aromatic ring is 1. The minimum absolute atomic E-state index is 0.0297. The average Bonchev–Trinajstić information content (AvgIpc) is 2.34. The molecule has 1 rings (SSSR count). The van der Waals surface area contributed by atoms with Gasteiger partial charge in [0, 0.05) is 25.4 Å². The first-order chi connectivity index (χ1) is 8.39. The summed E-state index contributed by atoms with van der Waals surface area (Å²) < 4.78 is 0. The number of rotatable bonds is 5. The number of aryl methyl sites for hydroxylation is 1. The van der Waals surface area contributed by atoms with Gasteiger partial charge >= 0.3 is 0 Å². The molecule has 0 saturated heterocycles. The van der Waals surface area contributed by atoms with Gasteiger partial charge in [-0.2, -0.15) is 4.98 Å². The topological polar surface area (TPSA) is 105 Å². The Kier molecular flexibility index (Phi) is 4.43. The highest BCUT2D eigenvalue weighted by Crippen LogP contribution is 2.17. The van der Waals surface area contributed by atoms with Gasteiger partial charge < -0.3 is 10.6 Å². The van der Waals surface area contributed by atoms with E-state index in [4.69, 9.17) is 5.84 Å². The van der Waals surface area contributed by atoms with E-state index in [1.807, 2.05) is 20.8 Å². The third-order valence-electron chi connectivity index (χ3n) is 2.54. The molecule has 5 N–H and O–H groups in total. The zero-order chi connectivity index (χ0) is 13.8. The summed E-state index contributed by atoms with van der Waals surface area (Å²) in [4.78, 5) is 19.9. The van der Waals surface area contributed by atoms with E-state index in [-0.39, 0.29) is 5.91 Å². The minimum atomic E-state index is -0.524. The highest BCUT2D eigenvalue weighted by Gasteiger charge is 2.26. The van der Waals surface area contributed by atoms with Crippen molar-refractivity contribution in [3.8, 4) is 0 Å². The zero-order valence-electron chi connectivity index (χ0n) is 11.2. The van der Waals surface area contributed by atoms with E-state index in [0.29, 0.717) is 18.3 Å². The number of aromatic nitrogens is 2. The molecule has 0 unspecified atom stereocenters. The summed E-state index contributed by atoms with van der Waals surface area (Å²) in [6, 6.07) is 1.79. The summed E-state index contributed by atoms with van der Waals surface area (Å²) in [6.07, 6.45) is 0. The van der Waals surface area contributed by atoms with Crippen LogP contribution in [-0.2, 0) is 4.79 Å². The van der Waals surface area contributed by atoms with Crippen molar-refractivity contribution in [1.29, 1.82) is 0 Å². The molecule has 0 spiro atoms. The van der Waals surface area contributed by atoms with E-state index in [0.717, 1.165) is 5.69 Å². The lowest BCUT2D eigenvalue weighted by Crippen LogP contribution is -2.39. The van der Waals surface area contributed by atoms with Crippen molar-refractivity contribution >= 4 is 17.7 Å². The molecule has 0 aliphatic carbocycles. The van der Waals surface area contributed by atoms with Gasteiger partial charge in [0.15, 0.2) is 0 Å². The molecule has 0 saturated carbocycles. The molecule has 1 amide bonds. The van der Waals surface area contributed by atoms with Gasteiger partial charge in [-0.1, -0.05) is 0 Å². The third-order valence-corrected chi connectivity index (χ3v) is 2.54. The Morgan fingerprint density at radius 3 is 2.67 bits per heavy atom. The number of hydrogen-bond acceptors (Lipinski definition) is 6. The van der Waals surface area contributed by atoms with Crippen LogP contribution in [0.25, 0.3) is 0 Å². The van der Waals surface area contributed by atoms with Crippen LogP contribution in [0.3, 0.4) is 0 Å². The van der Waals surface area contributed by atoms with Crippen LogP contribution < -0.4 is 21.9 Å². The predicted octanol–water partition coefficient (Wildman–Crippen LogP) is 0.255. The van der Waals surface area contributed by atoms with Crippen molar-refractivity contribution < 1.29 is 4.79 Å². The molecule has 0 aromatic carbocycles. The number of nitrogens with zero attached hydrogens (tertiary/aromatic N) is 2. The van der Waals surface area contributed by atoms with E-state index >= 15 is 0 Å². The summed E-state index contributed by atoms with van der Waals surface area (Å²) in [5, 5.41) is 5.74. The number of nitrogens with one attached hydrogen (secondary N) is 3. The number of carbonyl (C=O) groups excluding carboxylic acids is 1. The van der Waals surface area contributed by atoms with Crippen molar-refractivity contribution in [2.75, 3.05) is 24.3 Å². The van der Waals surface area contributed by atoms with E-state index in [1.54, 1.807) is 13.1 Å². The normalized spacial score (nSPS) is 10.9. The van der Waals surface area contributed by atoms with E-state index < -0.39 is 5.41 Å². The Labute approximate surface area is 107 Å². The fourth-order valence-electron chi connectivity index (χ4n) is 1.45. The van der Waals surface area contributed by atoms with Gasteiger partial charge in [0.25, 0.3) is 0 Å². The molecule has 0 bridgehead atoms. The van der Waals surface area contributed by atoms with E-state index in [9.17, 15) is 4.79 Å². The molecular formula is C11H20N6O. The number of amides is 1. The summed E-state index contributed by atoms with van der Waals surface area (Å²) in [6.45, 7) is 6.02. The molecule has 0 aliphatic heterocycles. The van der Waals surface area contributed by atoms with Crippen molar-refractivity contribution in [3.05, 3.63) is 11.8 Å². The molecule has 1 heterocycles. The number of carbonyl (C=O) groups is 1. The van der Waals surface area contributed by atoms with Crippen LogP contribution in [0, 0.1) is 12.3 Å². The van der Waals surface area contributed by atoms with Gasteiger partial charge in [-0.15, -0.1) is 0 Å². The first-order valence-electron chi connectivity index (χ1n) is 5.67. The van der Waals surface area contributed by atoms with Gasteiger partial charge in [-0.05, 0) is 20.8 Å². The molecule has 18 heavy (non-hydrogen) atoms. The van der Waals surface area contributed by atoms with Crippen LogP contribution >= 0.6 is 0 Å². The first-order valence-corrected chi connectivity index (χ1v) is 5.67. The first kappa shape index (κ1) is 14.2. The molecule has 0 atom stereocenters. The lowest BCUT2D eigenvalue weighted by Gasteiger charge is -2.23. The smallest absolute Gasteiger partial charge is 0.239 e. The summed E-state index contributed by atoms with van der Waals surface area (Å²) in [5.41, 5.74) is 2.66. The van der Waals surface area contributed by atoms with Crippen LogP contribution in [0.15, 0.2) is 6.07 Å². The second-order valence-corrected chi connectivity index (χ2v) is 4.68. The SMILES string of the molecule is CNC(=O)C(C)(C)CNc1cc(C)nc(NN)n1. The molecular weight excluding hydrogens is 232 g/mol. The van der Waals surface area contributed by atoms with Gasteiger partial charge in [-0.3, -0.25) is 10.2 Å². The van der Waals surface area contributed by atoms with Crippen molar-refractivity contribution in [2.45, 2.75) is 20.8 Å². The van der Waals surface area contributed by atoms with Crippen LogP contribution in [0.1, 0.15) is 19.5 Å². The standard InChI is InChI=1S/C11H20N6O/c1-7-5-8(16-10(15-7)17-12)14-6-11(2,3)9(18)13-4/h5H,6,12H2,1-4H3,(H,13,18)(H2,14,15,16,17). The predicted molar refractivity (Wildman–Crippen MR) is 70.9 cm³/mol. The maximum absolute atomic E-state index is 11.6. The van der Waals surface area contributed by atoms with Crippen LogP contribution in [0.2, 0.25) is 0 Å². The third kappa shape index (κ3) is 3.56. The second kappa shape index (κ2) is 5.63. The average molecular weight is 252 g/mol. The highest BCUT2D eigenvalue weighted by atomic mass is 16.2. The molecule has 100 valence electrons. The molecule has 7 heteroatoms.